The summed E-state index contributed by atoms with van der Waals surface area (Å²) in [7, 11) is 0. The predicted octanol–water partition coefficient (Wildman–Crippen LogP) is 3.93. The van der Waals surface area contributed by atoms with Crippen molar-refractivity contribution in [1.29, 1.82) is 0 Å². The van der Waals surface area contributed by atoms with Crippen LogP contribution in [0.25, 0.3) is 0 Å². The van der Waals surface area contributed by atoms with E-state index in [2.05, 4.69) is 0 Å². The van der Waals surface area contributed by atoms with Crippen molar-refractivity contribution < 1.29 is 14.0 Å². The van der Waals surface area contributed by atoms with Gasteiger partial charge in [0, 0.05) is 29.1 Å². The fourth-order valence-corrected chi connectivity index (χ4v) is 3.30. The topological polar surface area (TPSA) is 37.4 Å². The molecule has 23 heavy (non-hydrogen) atoms. The smallest absolute Gasteiger partial charge is 0.227 e. The van der Waals surface area contributed by atoms with Gasteiger partial charge in [-0.2, -0.15) is 0 Å². The van der Waals surface area contributed by atoms with Crippen molar-refractivity contribution in [2.24, 2.45) is 0 Å². The molecule has 3 nitrogen and oxygen atoms in total. The lowest BCUT2D eigenvalue weighted by Gasteiger charge is -2.15. The summed E-state index contributed by atoms with van der Waals surface area (Å²) in [5.74, 6) is 0.162. The lowest BCUT2D eigenvalue weighted by molar-refractivity contribution is -0.117. The number of nitrogens with zero attached hydrogens (tertiary/aromatic N) is 1. The largest absolute Gasteiger partial charge is 0.312 e. The van der Waals surface area contributed by atoms with E-state index in [1.807, 2.05) is 12.1 Å². The molecule has 0 aromatic heterocycles. The van der Waals surface area contributed by atoms with Gasteiger partial charge >= 0.3 is 0 Å². The molecule has 5 heteroatoms. The summed E-state index contributed by atoms with van der Waals surface area (Å²) in [5.41, 5.74) is 1.46. The number of Topliss-reactive ketones (excluding diaryl/α,β-unsaturated/α-hetero) is 1. The maximum absolute atomic E-state index is 12.8. The SMILES string of the molecule is O=C(CSc1ccc(F)cc1)c1ccc(N2CCCC2=O)cc1. The monoisotopic (exact) mass is 329 g/mol. The molecule has 0 aliphatic carbocycles. The standard InChI is InChI=1S/C18H16FNO2S/c19-14-5-9-16(10-6-14)23-12-17(21)13-3-7-15(8-4-13)20-11-1-2-18(20)22/h3-10H,1-2,11-12H2. The first kappa shape index (κ1) is 15.7. The Kier molecular flexibility index (Phi) is 4.76. The van der Waals surface area contributed by atoms with Crippen molar-refractivity contribution in [2.45, 2.75) is 17.7 Å². The van der Waals surface area contributed by atoms with Gasteiger partial charge in [0.25, 0.3) is 0 Å². The van der Waals surface area contributed by atoms with Crippen molar-refractivity contribution in [3.05, 3.63) is 59.9 Å². The number of hydrogen-bond donors (Lipinski definition) is 0. The highest BCUT2D eigenvalue weighted by atomic mass is 32.2. The average molecular weight is 329 g/mol. The fourth-order valence-electron chi connectivity index (χ4n) is 2.51. The molecule has 0 N–H and O–H groups in total. The number of anilines is 1. The molecule has 118 valence electrons. The molecule has 1 fully saturated rings. The molecule has 1 aliphatic heterocycles. The molecular formula is C18H16FNO2S. The highest BCUT2D eigenvalue weighted by Crippen LogP contribution is 2.23. The van der Waals surface area contributed by atoms with E-state index in [0.29, 0.717) is 17.7 Å². The second-order valence-corrected chi connectivity index (χ2v) is 6.41. The van der Waals surface area contributed by atoms with Crippen LogP contribution in [0, 0.1) is 5.82 Å². The molecule has 3 rings (SSSR count). The second kappa shape index (κ2) is 6.96. The Morgan fingerprint density at radius 1 is 1.09 bits per heavy atom. The third kappa shape index (κ3) is 3.79. The third-order valence-corrected chi connectivity index (χ3v) is 4.77. The zero-order valence-corrected chi connectivity index (χ0v) is 13.3. The van der Waals surface area contributed by atoms with Crippen molar-refractivity contribution in [2.75, 3.05) is 17.2 Å². The number of amides is 1. The maximum atomic E-state index is 12.8. The van der Waals surface area contributed by atoms with E-state index in [9.17, 15) is 14.0 Å². The van der Waals surface area contributed by atoms with Crippen LogP contribution in [0.2, 0.25) is 0 Å². The number of ketones is 1. The third-order valence-electron chi connectivity index (χ3n) is 3.76. The molecule has 1 aliphatic rings. The molecule has 2 aromatic rings. The van der Waals surface area contributed by atoms with E-state index >= 15 is 0 Å². The van der Waals surface area contributed by atoms with E-state index in [1.165, 1.54) is 23.9 Å². The van der Waals surface area contributed by atoms with Crippen LogP contribution in [0.1, 0.15) is 23.2 Å². The summed E-state index contributed by atoms with van der Waals surface area (Å²) >= 11 is 1.38. The van der Waals surface area contributed by atoms with E-state index in [4.69, 9.17) is 0 Å². The minimum atomic E-state index is -0.285. The number of rotatable bonds is 5. The Hall–Kier alpha value is -2.14. The number of benzene rings is 2. The van der Waals surface area contributed by atoms with Gasteiger partial charge in [0.15, 0.2) is 5.78 Å². The molecule has 1 heterocycles. The van der Waals surface area contributed by atoms with Gasteiger partial charge in [-0.3, -0.25) is 9.59 Å². The predicted molar refractivity (Wildman–Crippen MR) is 89.5 cm³/mol. The summed E-state index contributed by atoms with van der Waals surface area (Å²) in [6, 6.07) is 13.2. The highest BCUT2D eigenvalue weighted by Gasteiger charge is 2.21. The zero-order valence-electron chi connectivity index (χ0n) is 12.5. The number of hydrogen-bond acceptors (Lipinski definition) is 3. The van der Waals surface area contributed by atoms with Gasteiger partial charge in [-0.25, -0.2) is 4.39 Å². The Morgan fingerprint density at radius 3 is 2.39 bits per heavy atom. The fraction of sp³-hybridized carbons (Fsp3) is 0.222. The van der Waals surface area contributed by atoms with Crippen LogP contribution in [0.5, 0.6) is 0 Å². The average Bonchev–Trinajstić information content (AvgIpc) is 3.00. The van der Waals surface area contributed by atoms with Gasteiger partial charge < -0.3 is 4.90 Å². The van der Waals surface area contributed by atoms with Crippen molar-refractivity contribution in [1.82, 2.24) is 0 Å². The molecule has 0 spiro atoms. The number of halogens is 1. The van der Waals surface area contributed by atoms with Crippen LogP contribution in [0.3, 0.4) is 0 Å². The first-order chi connectivity index (χ1) is 11.1. The zero-order chi connectivity index (χ0) is 16.2. The minimum Gasteiger partial charge on any atom is -0.312 e. The summed E-state index contributed by atoms with van der Waals surface area (Å²) in [6.07, 6.45) is 1.48. The van der Waals surface area contributed by atoms with Crippen LogP contribution >= 0.6 is 11.8 Å². The van der Waals surface area contributed by atoms with Crippen LogP contribution in [0.4, 0.5) is 10.1 Å². The Bertz CT molecular complexity index is 713. The Balaban J connectivity index is 1.61. The normalized spacial score (nSPS) is 14.3. The minimum absolute atomic E-state index is 0.0126. The molecule has 0 bridgehead atoms. The van der Waals surface area contributed by atoms with Crippen LogP contribution < -0.4 is 4.90 Å². The van der Waals surface area contributed by atoms with Gasteiger partial charge in [-0.15, -0.1) is 11.8 Å². The van der Waals surface area contributed by atoms with Crippen LogP contribution in [0.15, 0.2) is 53.4 Å². The lowest BCUT2D eigenvalue weighted by Crippen LogP contribution is -2.23. The maximum Gasteiger partial charge on any atom is 0.227 e. The Morgan fingerprint density at radius 2 is 1.78 bits per heavy atom. The van der Waals surface area contributed by atoms with Crippen molar-refractivity contribution >= 4 is 29.1 Å². The molecule has 1 amide bonds. The van der Waals surface area contributed by atoms with Gasteiger partial charge in [-0.1, -0.05) is 0 Å². The number of carbonyl (C=O) groups excluding carboxylic acids is 2. The second-order valence-electron chi connectivity index (χ2n) is 5.36. The molecule has 0 saturated carbocycles. The van der Waals surface area contributed by atoms with Gasteiger partial charge in [0.05, 0.1) is 5.75 Å². The highest BCUT2D eigenvalue weighted by molar-refractivity contribution is 8.00. The van der Waals surface area contributed by atoms with E-state index in [-0.39, 0.29) is 17.5 Å². The number of thioether (sulfide) groups is 1. The molecule has 1 saturated heterocycles. The van der Waals surface area contributed by atoms with E-state index < -0.39 is 0 Å². The first-order valence-corrected chi connectivity index (χ1v) is 8.44. The lowest BCUT2D eigenvalue weighted by atomic mass is 10.1. The van der Waals surface area contributed by atoms with Gasteiger partial charge in [0.2, 0.25) is 5.91 Å². The van der Waals surface area contributed by atoms with E-state index in [0.717, 1.165) is 23.5 Å². The summed E-state index contributed by atoms with van der Waals surface area (Å²) in [4.78, 5) is 26.5. The number of carbonyl (C=O) groups is 2. The molecule has 0 radical (unpaired) electrons. The van der Waals surface area contributed by atoms with Gasteiger partial charge in [-0.05, 0) is 55.0 Å². The van der Waals surface area contributed by atoms with Crippen molar-refractivity contribution in [3.8, 4) is 0 Å². The summed E-state index contributed by atoms with van der Waals surface area (Å²) in [5, 5.41) is 0. The molecule has 0 unspecified atom stereocenters. The molecule has 2 aromatic carbocycles. The summed E-state index contributed by atoms with van der Waals surface area (Å²) in [6.45, 7) is 0.743. The van der Waals surface area contributed by atoms with Crippen molar-refractivity contribution in [3.63, 3.8) is 0 Å². The quantitative estimate of drug-likeness (QED) is 0.616. The summed E-state index contributed by atoms with van der Waals surface area (Å²) < 4.78 is 12.8. The first-order valence-electron chi connectivity index (χ1n) is 7.45. The molecule has 0 atom stereocenters. The van der Waals surface area contributed by atoms with E-state index in [1.54, 1.807) is 29.2 Å². The van der Waals surface area contributed by atoms with Crippen LogP contribution in [-0.4, -0.2) is 24.0 Å². The Labute approximate surface area is 138 Å². The van der Waals surface area contributed by atoms with Gasteiger partial charge in [0.1, 0.15) is 5.82 Å². The molecular weight excluding hydrogens is 313 g/mol. The van der Waals surface area contributed by atoms with Crippen LogP contribution in [-0.2, 0) is 4.79 Å².